The summed E-state index contributed by atoms with van der Waals surface area (Å²) in [5.74, 6) is 2.77. The zero-order chi connectivity index (χ0) is 16.9. The maximum absolute atomic E-state index is 4.68. The summed E-state index contributed by atoms with van der Waals surface area (Å²) in [6.07, 6.45) is 9.03. The Bertz CT molecular complexity index is 802. The van der Waals surface area contributed by atoms with Gasteiger partial charge in [-0.3, -0.25) is 0 Å². The van der Waals surface area contributed by atoms with E-state index in [0.29, 0.717) is 11.9 Å². The number of nitrogens with zero attached hydrogens (tertiary/aromatic N) is 6. The molecule has 0 unspecified atom stereocenters. The lowest BCUT2D eigenvalue weighted by molar-refractivity contribution is 0.493. The van der Waals surface area contributed by atoms with Gasteiger partial charge in [-0.1, -0.05) is 6.07 Å². The van der Waals surface area contributed by atoms with Crippen LogP contribution in [0.4, 0.5) is 17.6 Å². The molecule has 126 valence electrons. The molecular formula is C18H19N7. The average molecular weight is 333 g/mol. The fraction of sp³-hybridized carbons (Fsp3) is 0.278. The second-order valence-corrected chi connectivity index (χ2v) is 5.97. The monoisotopic (exact) mass is 333 g/mol. The van der Waals surface area contributed by atoms with Gasteiger partial charge in [0.1, 0.15) is 18.0 Å². The third-order valence-electron chi connectivity index (χ3n) is 4.39. The summed E-state index contributed by atoms with van der Waals surface area (Å²) in [6, 6.07) is 9.68. The van der Waals surface area contributed by atoms with E-state index in [-0.39, 0.29) is 0 Å². The van der Waals surface area contributed by atoms with Gasteiger partial charge in [-0.15, -0.1) is 0 Å². The molecule has 4 rings (SSSR count). The topological polar surface area (TPSA) is 79.7 Å². The summed E-state index contributed by atoms with van der Waals surface area (Å²) in [6.45, 7) is 1.93. The Balaban J connectivity index is 1.42. The smallest absolute Gasteiger partial charge is 0.228 e. The first kappa shape index (κ1) is 15.4. The minimum absolute atomic E-state index is 0.436. The molecule has 0 amide bonds. The van der Waals surface area contributed by atoms with Gasteiger partial charge in [-0.25, -0.2) is 24.9 Å². The van der Waals surface area contributed by atoms with Crippen LogP contribution in [0.5, 0.6) is 0 Å². The van der Waals surface area contributed by atoms with E-state index in [4.69, 9.17) is 0 Å². The fourth-order valence-corrected chi connectivity index (χ4v) is 3.09. The van der Waals surface area contributed by atoms with Crippen LogP contribution in [-0.4, -0.2) is 38.0 Å². The van der Waals surface area contributed by atoms with E-state index in [1.165, 1.54) is 0 Å². The molecule has 1 saturated heterocycles. The maximum atomic E-state index is 4.68. The largest absolute Gasteiger partial charge is 0.356 e. The molecule has 0 aromatic carbocycles. The van der Waals surface area contributed by atoms with Crippen molar-refractivity contribution in [3.8, 4) is 0 Å². The summed E-state index contributed by atoms with van der Waals surface area (Å²) in [5, 5.41) is 3.16. The molecule has 25 heavy (non-hydrogen) atoms. The number of nitrogens with one attached hydrogen (secondary N) is 1. The predicted octanol–water partition coefficient (Wildman–Crippen LogP) is 2.79. The minimum atomic E-state index is 0.436. The lowest BCUT2D eigenvalue weighted by Crippen LogP contribution is -2.33. The van der Waals surface area contributed by atoms with Crippen molar-refractivity contribution < 1.29 is 0 Å². The molecule has 3 aromatic rings. The van der Waals surface area contributed by atoms with Crippen molar-refractivity contribution in [2.24, 2.45) is 0 Å². The quantitative estimate of drug-likeness (QED) is 0.786. The van der Waals surface area contributed by atoms with Crippen molar-refractivity contribution in [3.63, 3.8) is 0 Å². The number of aromatic nitrogens is 5. The van der Waals surface area contributed by atoms with Crippen molar-refractivity contribution in [3.05, 3.63) is 60.9 Å². The minimum Gasteiger partial charge on any atom is -0.356 e. The van der Waals surface area contributed by atoms with Gasteiger partial charge in [-0.05, 0) is 37.1 Å². The van der Waals surface area contributed by atoms with Crippen molar-refractivity contribution in [2.75, 3.05) is 23.3 Å². The Hall–Kier alpha value is -3.09. The highest BCUT2D eigenvalue weighted by Crippen LogP contribution is 2.29. The number of hydrogen-bond donors (Lipinski definition) is 1. The van der Waals surface area contributed by atoms with Crippen molar-refractivity contribution >= 4 is 17.6 Å². The molecule has 7 heteroatoms. The lowest BCUT2D eigenvalue weighted by Gasteiger charge is -2.32. The average Bonchev–Trinajstić information content (AvgIpc) is 2.70. The van der Waals surface area contributed by atoms with Crippen LogP contribution in [0.2, 0.25) is 0 Å². The van der Waals surface area contributed by atoms with Crippen LogP contribution >= 0.6 is 0 Å². The molecule has 4 heterocycles. The summed E-state index contributed by atoms with van der Waals surface area (Å²) < 4.78 is 0. The molecule has 0 saturated carbocycles. The molecule has 0 atom stereocenters. The van der Waals surface area contributed by atoms with Gasteiger partial charge in [0.15, 0.2) is 0 Å². The summed E-state index contributed by atoms with van der Waals surface area (Å²) in [5.41, 5.74) is 1.08. The van der Waals surface area contributed by atoms with E-state index in [1.54, 1.807) is 18.7 Å². The lowest BCUT2D eigenvalue weighted by atomic mass is 9.93. The van der Waals surface area contributed by atoms with Gasteiger partial charge in [0.2, 0.25) is 5.95 Å². The third-order valence-corrected chi connectivity index (χ3v) is 4.39. The number of piperidine rings is 1. The SMILES string of the molecule is c1ccc(Nc2nccc(C3CCN(c4ccncn4)CC3)n2)nc1. The Kier molecular flexibility index (Phi) is 4.45. The van der Waals surface area contributed by atoms with E-state index in [9.17, 15) is 0 Å². The van der Waals surface area contributed by atoms with E-state index >= 15 is 0 Å². The van der Waals surface area contributed by atoms with E-state index in [2.05, 4.69) is 35.1 Å². The number of rotatable bonds is 4. The summed E-state index contributed by atoms with van der Waals surface area (Å²) in [7, 11) is 0. The first-order chi connectivity index (χ1) is 12.4. The Morgan fingerprint density at radius 3 is 2.60 bits per heavy atom. The molecule has 0 spiro atoms. The van der Waals surface area contributed by atoms with Gasteiger partial charge in [-0.2, -0.15) is 0 Å². The van der Waals surface area contributed by atoms with Crippen molar-refractivity contribution in [1.29, 1.82) is 0 Å². The summed E-state index contributed by atoms with van der Waals surface area (Å²) >= 11 is 0. The van der Waals surface area contributed by atoms with Crippen molar-refractivity contribution in [2.45, 2.75) is 18.8 Å². The van der Waals surface area contributed by atoms with E-state index in [1.807, 2.05) is 36.5 Å². The van der Waals surface area contributed by atoms with Crippen LogP contribution in [0, 0.1) is 0 Å². The maximum Gasteiger partial charge on any atom is 0.228 e. The highest BCUT2D eigenvalue weighted by Gasteiger charge is 2.22. The highest BCUT2D eigenvalue weighted by atomic mass is 15.2. The van der Waals surface area contributed by atoms with Gasteiger partial charge < -0.3 is 10.2 Å². The molecule has 7 nitrogen and oxygen atoms in total. The fourth-order valence-electron chi connectivity index (χ4n) is 3.09. The zero-order valence-corrected chi connectivity index (χ0v) is 13.8. The third kappa shape index (κ3) is 3.71. The van der Waals surface area contributed by atoms with Crippen LogP contribution in [0.25, 0.3) is 0 Å². The first-order valence-corrected chi connectivity index (χ1v) is 8.40. The van der Waals surface area contributed by atoms with Crippen molar-refractivity contribution in [1.82, 2.24) is 24.9 Å². The zero-order valence-electron chi connectivity index (χ0n) is 13.8. The molecule has 0 radical (unpaired) electrons. The van der Waals surface area contributed by atoms with Crippen LogP contribution in [0.1, 0.15) is 24.5 Å². The van der Waals surface area contributed by atoms with Crippen LogP contribution in [0.15, 0.2) is 55.2 Å². The second kappa shape index (κ2) is 7.21. The molecule has 3 aromatic heterocycles. The Morgan fingerprint density at radius 1 is 0.920 bits per heavy atom. The van der Waals surface area contributed by atoms with E-state index < -0.39 is 0 Å². The first-order valence-electron chi connectivity index (χ1n) is 8.40. The molecular weight excluding hydrogens is 314 g/mol. The molecule has 1 fully saturated rings. The number of pyridine rings is 1. The molecule has 0 bridgehead atoms. The Morgan fingerprint density at radius 2 is 1.84 bits per heavy atom. The number of anilines is 3. The van der Waals surface area contributed by atoms with Crippen LogP contribution in [-0.2, 0) is 0 Å². The normalized spacial score (nSPS) is 15.1. The highest BCUT2D eigenvalue weighted by molar-refractivity contribution is 5.47. The number of hydrogen-bond acceptors (Lipinski definition) is 7. The Labute approximate surface area is 146 Å². The van der Waals surface area contributed by atoms with Gasteiger partial charge in [0, 0.05) is 43.3 Å². The van der Waals surface area contributed by atoms with E-state index in [0.717, 1.165) is 43.3 Å². The molecule has 1 aliphatic heterocycles. The van der Waals surface area contributed by atoms with Crippen LogP contribution in [0.3, 0.4) is 0 Å². The van der Waals surface area contributed by atoms with Crippen LogP contribution < -0.4 is 10.2 Å². The molecule has 1 N–H and O–H groups in total. The molecule has 0 aliphatic carbocycles. The summed E-state index contributed by atoms with van der Waals surface area (Å²) in [4.78, 5) is 23.8. The van der Waals surface area contributed by atoms with Gasteiger partial charge in [0.05, 0.1) is 0 Å². The predicted molar refractivity (Wildman–Crippen MR) is 95.8 cm³/mol. The molecule has 1 aliphatic rings. The van der Waals surface area contributed by atoms with Gasteiger partial charge in [0.25, 0.3) is 0 Å². The second-order valence-electron chi connectivity index (χ2n) is 5.97. The van der Waals surface area contributed by atoms with Gasteiger partial charge >= 0.3 is 0 Å². The standard InChI is InChI=1S/C18H19N7/c1-2-8-20-16(3-1)24-18-21-10-4-15(23-18)14-6-11-25(12-7-14)17-5-9-19-13-22-17/h1-5,8-10,13-14H,6-7,11-12H2,(H,20,21,23,24).